The van der Waals surface area contributed by atoms with Gasteiger partial charge in [-0.1, -0.05) is 0 Å². The Balaban J connectivity index is 1.33. The van der Waals surface area contributed by atoms with Crippen molar-refractivity contribution in [2.24, 2.45) is 5.73 Å². The van der Waals surface area contributed by atoms with E-state index in [1.807, 2.05) is 0 Å². The largest absolute Gasteiger partial charge is 0.328 e. The predicted molar refractivity (Wildman–Crippen MR) is 94.0 cm³/mol. The van der Waals surface area contributed by atoms with Crippen molar-refractivity contribution < 1.29 is 0 Å². The van der Waals surface area contributed by atoms with E-state index in [1.54, 1.807) is 0 Å². The van der Waals surface area contributed by atoms with Gasteiger partial charge in [0, 0.05) is 55.2 Å². The van der Waals surface area contributed by atoms with Crippen LogP contribution in [0.1, 0.15) is 73.0 Å². The van der Waals surface area contributed by atoms with Crippen molar-refractivity contribution in [3.8, 4) is 0 Å². The summed E-state index contributed by atoms with van der Waals surface area (Å²) in [5.41, 5.74) is 10.1. The van der Waals surface area contributed by atoms with E-state index < -0.39 is 0 Å². The highest BCUT2D eigenvalue weighted by Crippen LogP contribution is 2.42. The molecule has 0 saturated heterocycles. The van der Waals surface area contributed by atoms with Crippen LogP contribution in [0.3, 0.4) is 0 Å². The quantitative estimate of drug-likeness (QED) is 0.863. The lowest BCUT2D eigenvalue weighted by molar-refractivity contribution is 0.233. The molecule has 3 N–H and O–H groups in total. The van der Waals surface area contributed by atoms with E-state index in [0.717, 1.165) is 57.1 Å². The normalized spacial score (nSPS) is 26.5. The molecule has 2 saturated carbocycles. The van der Waals surface area contributed by atoms with Crippen molar-refractivity contribution in [3.05, 3.63) is 28.6 Å². The molecule has 0 amide bonds. The fraction of sp³-hybridized carbons (Fsp3) is 0.722. The molecule has 5 rings (SSSR count). The molecule has 1 aliphatic heterocycles. The van der Waals surface area contributed by atoms with Gasteiger partial charge in [0.2, 0.25) is 0 Å². The van der Waals surface area contributed by atoms with Crippen molar-refractivity contribution in [2.75, 3.05) is 6.54 Å². The molecule has 7 heteroatoms. The number of fused-ring (bicyclic) bond motifs is 1. The van der Waals surface area contributed by atoms with Gasteiger partial charge < -0.3 is 10.3 Å². The average molecular weight is 341 g/mol. The van der Waals surface area contributed by atoms with Crippen LogP contribution in [0, 0.1) is 0 Å². The molecule has 3 heterocycles. The molecule has 2 aliphatic carbocycles. The molecule has 2 fully saturated rings. The summed E-state index contributed by atoms with van der Waals surface area (Å²) < 4.78 is 2.31. The van der Waals surface area contributed by atoms with Crippen LogP contribution in [0.5, 0.6) is 0 Å². The highest BCUT2D eigenvalue weighted by atomic mass is 15.3. The highest BCUT2D eigenvalue weighted by Gasteiger charge is 2.34. The number of aromatic amines is 1. The van der Waals surface area contributed by atoms with Gasteiger partial charge in [0.1, 0.15) is 11.6 Å². The zero-order chi connectivity index (χ0) is 17.0. The van der Waals surface area contributed by atoms with E-state index in [1.165, 1.54) is 29.8 Å². The Morgan fingerprint density at radius 1 is 1.20 bits per heavy atom. The van der Waals surface area contributed by atoms with Crippen LogP contribution in [0.4, 0.5) is 0 Å². The van der Waals surface area contributed by atoms with Crippen molar-refractivity contribution in [1.29, 1.82) is 0 Å². The van der Waals surface area contributed by atoms with Crippen molar-refractivity contribution in [2.45, 2.75) is 76.5 Å². The van der Waals surface area contributed by atoms with E-state index in [4.69, 9.17) is 5.73 Å². The molecule has 0 unspecified atom stereocenters. The fourth-order valence-electron chi connectivity index (χ4n) is 4.39. The van der Waals surface area contributed by atoms with Crippen LogP contribution >= 0.6 is 0 Å². The summed E-state index contributed by atoms with van der Waals surface area (Å²) in [6.07, 6.45) is 5.75. The molecular formula is C18H27N7. The van der Waals surface area contributed by atoms with Gasteiger partial charge in [0.15, 0.2) is 0 Å². The molecule has 2 aromatic rings. The Morgan fingerprint density at radius 3 is 2.76 bits per heavy atom. The molecule has 0 atom stereocenters. The SMILES string of the molecule is CCn1c(CN2CCc3[nH]nc(C4CC4)c3C2)nnc1C1CC(N)C1. The van der Waals surface area contributed by atoms with E-state index in [-0.39, 0.29) is 0 Å². The van der Waals surface area contributed by atoms with Gasteiger partial charge in [-0.25, -0.2) is 0 Å². The first kappa shape index (κ1) is 15.5. The maximum Gasteiger partial charge on any atom is 0.147 e. The number of rotatable bonds is 5. The molecular weight excluding hydrogens is 314 g/mol. The number of nitrogens with one attached hydrogen (secondary N) is 1. The first-order valence-electron chi connectivity index (χ1n) is 9.68. The van der Waals surface area contributed by atoms with E-state index in [9.17, 15) is 0 Å². The van der Waals surface area contributed by atoms with Crippen LogP contribution in [0.15, 0.2) is 0 Å². The van der Waals surface area contributed by atoms with Crippen molar-refractivity contribution in [3.63, 3.8) is 0 Å². The monoisotopic (exact) mass is 341 g/mol. The van der Waals surface area contributed by atoms with Gasteiger partial charge in [-0.3, -0.25) is 10.00 Å². The summed E-state index contributed by atoms with van der Waals surface area (Å²) in [5, 5.41) is 16.9. The summed E-state index contributed by atoms with van der Waals surface area (Å²) >= 11 is 0. The van der Waals surface area contributed by atoms with E-state index in [2.05, 4.69) is 36.8 Å². The van der Waals surface area contributed by atoms with E-state index in [0.29, 0.717) is 17.9 Å². The number of hydrogen-bond acceptors (Lipinski definition) is 5. The number of aromatic nitrogens is 5. The summed E-state index contributed by atoms with van der Waals surface area (Å²) in [7, 11) is 0. The minimum Gasteiger partial charge on any atom is -0.328 e. The first-order valence-corrected chi connectivity index (χ1v) is 9.68. The number of hydrogen-bond donors (Lipinski definition) is 2. The fourth-order valence-corrected chi connectivity index (χ4v) is 4.39. The number of nitrogens with two attached hydrogens (primary N) is 1. The predicted octanol–water partition coefficient (Wildman–Crippen LogP) is 1.66. The molecule has 0 aromatic carbocycles. The summed E-state index contributed by atoms with van der Waals surface area (Å²) in [5.74, 6) is 3.44. The summed E-state index contributed by atoms with van der Waals surface area (Å²) in [6, 6.07) is 0.345. The minimum absolute atomic E-state index is 0.345. The topological polar surface area (TPSA) is 88.7 Å². The lowest BCUT2D eigenvalue weighted by Gasteiger charge is -2.32. The second-order valence-corrected chi connectivity index (χ2v) is 7.95. The zero-order valence-electron chi connectivity index (χ0n) is 14.9. The second-order valence-electron chi connectivity index (χ2n) is 7.95. The smallest absolute Gasteiger partial charge is 0.147 e. The Bertz CT molecular complexity index is 766. The molecule has 134 valence electrons. The van der Waals surface area contributed by atoms with Gasteiger partial charge >= 0.3 is 0 Å². The molecule has 0 spiro atoms. The highest BCUT2D eigenvalue weighted by molar-refractivity contribution is 5.32. The molecule has 0 radical (unpaired) electrons. The second kappa shape index (κ2) is 5.92. The molecule has 7 nitrogen and oxygen atoms in total. The standard InChI is InChI=1S/C18H27N7/c1-2-25-16(21-23-18(25)12-7-13(19)8-12)10-24-6-5-15-14(9-24)17(22-20-15)11-3-4-11/h11-13H,2-10,19H2,1H3,(H,20,22). The Kier molecular flexibility index (Phi) is 3.67. The minimum atomic E-state index is 0.345. The Morgan fingerprint density at radius 2 is 2.04 bits per heavy atom. The van der Waals surface area contributed by atoms with Crippen molar-refractivity contribution >= 4 is 0 Å². The van der Waals surface area contributed by atoms with Crippen LogP contribution in [-0.4, -0.2) is 42.4 Å². The Hall–Kier alpha value is -1.73. The van der Waals surface area contributed by atoms with E-state index >= 15 is 0 Å². The molecule has 25 heavy (non-hydrogen) atoms. The summed E-state index contributed by atoms with van der Waals surface area (Å²) in [4.78, 5) is 2.50. The third kappa shape index (κ3) is 2.69. The Labute approximate surface area is 148 Å². The maximum absolute atomic E-state index is 5.96. The van der Waals surface area contributed by atoms with Gasteiger partial charge in [0.25, 0.3) is 0 Å². The molecule has 0 bridgehead atoms. The van der Waals surface area contributed by atoms with Crippen molar-refractivity contribution in [1.82, 2.24) is 29.9 Å². The zero-order valence-corrected chi connectivity index (χ0v) is 14.9. The van der Waals surface area contributed by atoms with Crippen LogP contribution < -0.4 is 5.73 Å². The number of nitrogens with zero attached hydrogens (tertiary/aromatic N) is 5. The lowest BCUT2D eigenvalue weighted by Crippen LogP contribution is -2.36. The van der Waals surface area contributed by atoms with Gasteiger partial charge in [-0.2, -0.15) is 5.10 Å². The van der Waals surface area contributed by atoms with Crippen LogP contribution in [-0.2, 0) is 26.1 Å². The third-order valence-electron chi connectivity index (χ3n) is 6.09. The third-order valence-corrected chi connectivity index (χ3v) is 6.09. The van der Waals surface area contributed by atoms with Crippen LogP contribution in [0.2, 0.25) is 0 Å². The molecule has 3 aliphatic rings. The number of H-pyrrole nitrogens is 1. The van der Waals surface area contributed by atoms with Gasteiger partial charge in [-0.05, 0) is 32.6 Å². The lowest BCUT2D eigenvalue weighted by atomic mass is 9.80. The van der Waals surface area contributed by atoms with Crippen LogP contribution in [0.25, 0.3) is 0 Å². The first-order chi connectivity index (χ1) is 12.2. The average Bonchev–Trinajstić information content (AvgIpc) is 3.22. The molecule has 2 aromatic heterocycles. The van der Waals surface area contributed by atoms with Gasteiger partial charge in [0.05, 0.1) is 12.2 Å². The maximum atomic E-state index is 5.96. The summed E-state index contributed by atoms with van der Waals surface area (Å²) in [6.45, 7) is 6.03. The van der Waals surface area contributed by atoms with Gasteiger partial charge in [-0.15, -0.1) is 10.2 Å².